The smallest absolute Gasteiger partial charge is 0.272 e. The molecule has 0 saturated carbocycles. The quantitative estimate of drug-likeness (QED) is 0.690. The van der Waals surface area contributed by atoms with Crippen molar-refractivity contribution in [2.45, 2.75) is 31.8 Å². The third-order valence-corrected chi connectivity index (χ3v) is 5.35. The van der Waals surface area contributed by atoms with Gasteiger partial charge in [-0.1, -0.05) is 30.3 Å². The van der Waals surface area contributed by atoms with E-state index in [9.17, 15) is 4.79 Å². The van der Waals surface area contributed by atoms with Crippen molar-refractivity contribution in [3.63, 3.8) is 0 Å². The summed E-state index contributed by atoms with van der Waals surface area (Å²) in [6.07, 6.45) is 4.18. The zero-order valence-electron chi connectivity index (χ0n) is 16.4. The summed E-state index contributed by atoms with van der Waals surface area (Å²) in [5, 5.41) is 7.54. The van der Waals surface area contributed by atoms with Gasteiger partial charge in [-0.2, -0.15) is 5.10 Å². The molecule has 150 valence electrons. The van der Waals surface area contributed by atoms with Gasteiger partial charge in [-0.05, 0) is 25.0 Å². The topological polar surface area (TPSA) is 102 Å². The lowest BCUT2D eigenvalue weighted by atomic mass is 9.85. The van der Waals surface area contributed by atoms with E-state index in [1.165, 1.54) is 11.9 Å². The number of hydrogen-bond acceptors (Lipinski definition) is 6. The predicted molar refractivity (Wildman–Crippen MR) is 112 cm³/mol. The van der Waals surface area contributed by atoms with Gasteiger partial charge in [0.2, 0.25) is 0 Å². The Kier molecular flexibility index (Phi) is 5.41. The van der Waals surface area contributed by atoms with Gasteiger partial charge in [0.05, 0.1) is 6.04 Å². The summed E-state index contributed by atoms with van der Waals surface area (Å²) in [4.78, 5) is 23.3. The van der Waals surface area contributed by atoms with Gasteiger partial charge < -0.3 is 16.0 Å². The van der Waals surface area contributed by atoms with Crippen LogP contribution in [0.25, 0.3) is 0 Å². The Balaban J connectivity index is 1.57. The molecule has 1 fully saturated rings. The van der Waals surface area contributed by atoms with E-state index in [-0.39, 0.29) is 17.9 Å². The molecular formula is C21H25N7O. The maximum absolute atomic E-state index is 12.9. The Labute approximate surface area is 169 Å². The molecule has 4 rings (SSSR count). The van der Waals surface area contributed by atoms with E-state index in [1.54, 1.807) is 16.8 Å². The maximum atomic E-state index is 12.9. The Bertz CT molecular complexity index is 972. The van der Waals surface area contributed by atoms with Crippen LogP contribution < -0.4 is 16.0 Å². The molecule has 0 spiro atoms. The van der Waals surface area contributed by atoms with Crippen molar-refractivity contribution in [2.24, 2.45) is 0 Å². The molecule has 1 aromatic carbocycles. The molecule has 8 nitrogen and oxygen atoms in total. The Morgan fingerprint density at radius 1 is 1.24 bits per heavy atom. The summed E-state index contributed by atoms with van der Waals surface area (Å²) in [7, 11) is 0. The molecule has 1 aliphatic heterocycles. The normalized spacial score (nSPS) is 19.1. The van der Waals surface area contributed by atoms with E-state index in [0.29, 0.717) is 18.1 Å². The zero-order chi connectivity index (χ0) is 20.2. The van der Waals surface area contributed by atoms with Crippen molar-refractivity contribution in [1.82, 2.24) is 25.1 Å². The molecule has 0 bridgehead atoms. The molecule has 3 aromatic rings. The van der Waals surface area contributed by atoms with Gasteiger partial charge in [0.25, 0.3) is 5.91 Å². The van der Waals surface area contributed by atoms with Crippen LogP contribution in [0.2, 0.25) is 0 Å². The lowest BCUT2D eigenvalue weighted by Gasteiger charge is -2.39. The number of aromatic nitrogens is 4. The molecule has 2 aromatic heterocycles. The molecule has 3 heterocycles. The monoisotopic (exact) mass is 391 g/mol. The fourth-order valence-corrected chi connectivity index (χ4v) is 3.84. The zero-order valence-corrected chi connectivity index (χ0v) is 16.4. The highest BCUT2D eigenvalue weighted by atomic mass is 16.2. The maximum Gasteiger partial charge on any atom is 0.272 e. The SMILES string of the molecule is CCn1ccc(C(=O)N[C@H]2CN(c3cc(N)ncn3)CC[C@H]2c2ccccc2)n1. The van der Waals surface area contributed by atoms with Crippen molar-refractivity contribution in [2.75, 3.05) is 23.7 Å². The van der Waals surface area contributed by atoms with Gasteiger partial charge in [-0.3, -0.25) is 9.48 Å². The van der Waals surface area contributed by atoms with Crippen LogP contribution in [0.1, 0.15) is 35.3 Å². The standard InChI is InChI=1S/C21H25N7O/c1-2-28-11-9-17(26-28)21(29)25-18-13-27(20-12-19(22)23-14-24-20)10-8-16(18)15-6-4-3-5-7-15/h3-7,9,11-12,14,16,18H,2,8,10,13H2,1H3,(H,25,29)(H2,22,23,24)/t16-,18-/m0/s1. The van der Waals surface area contributed by atoms with E-state index in [4.69, 9.17) is 5.73 Å². The number of anilines is 2. The number of benzene rings is 1. The Morgan fingerprint density at radius 3 is 2.79 bits per heavy atom. The Morgan fingerprint density at radius 2 is 2.07 bits per heavy atom. The number of hydrogen-bond donors (Lipinski definition) is 2. The minimum Gasteiger partial charge on any atom is -0.384 e. The third kappa shape index (κ3) is 4.21. The molecule has 1 saturated heterocycles. The van der Waals surface area contributed by atoms with Crippen molar-refractivity contribution in [3.05, 3.63) is 66.2 Å². The first-order valence-electron chi connectivity index (χ1n) is 9.85. The van der Waals surface area contributed by atoms with E-state index in [1.807, 2.05) is 31.3 Å². The summed E-state index contributed by atoms with van der Waals surface area (Å²) in [5.74, 6) is 1.26. The molecule has 29 heavy (non-hydrogen) atoms. The number of amides is 1. The van der Waals surface area contributed by atoms with Crippen LogP contribution in [0.5, 0.6) is 0 Å². The van der Waals surface area contributed by atoms with Crippen molar-refractivity contribution < 1.29 is 4.79 Å². The summed E-state index contributed by atoms with van der Waals surface area (Å²) in [6.45, 7) is 4.18. The van der Waals surface area contributed by atoms with E-state index in [0.717, 1.165) is 25.3 Å². The summed E-state index contributed by atoms with van der Waals surface area (Å²) in [6, 6.07) is 13.8. The van der Waals surface area contributed by atoms with Crippen molar-refractivity contribution >= 4 is 17.5 Å². The Hall–Kier alpha value is -3.42. The minimum absolute atomic E-state index is 0.0818. The minimum atomic E-state index is -0.160. The highest BCUT2D eigenvalue weighted by Crippen LogP contribution is 2.30. The fraction of sp³-hybridized carbons (Fsp3) is 0.333. The molecule has 3 N–H and O–H groups in total. The molecule has 8 heteroatoms. The number of aryl methyl sites for hydroxylation is 1. The van der Waals surface area contributed by atoms with Gasteiger partial charge in [-0.25, -0.2) is 9.97 Å². The fourth-order valence-electron chi connectivity index (χ4n) is 3.84. The summed E-state index contributed by atoms with van der Waals surface area (Å²) in [5.41, 5.74) is 7.49. The molecule has 0 radical (unpaired) electrons. The van der Waals surface area contributed by atoms with E-state index >= 15 is 0 Å². The highest BCUT2D eigenvalue weighted by Gasteiger charge is 2.32. The second-order valence-corrected chi connectivity index (χ2v) is 7.19. The van der Waals surface area contributed by atoms with Gasteiger partial charge in [0.15, 0.2) is 0 Å². The van der Waals surface area contributed by atoms with Crippen LogP contribution in [0.15, 0.2) is 55.0 Å². The average molecular weight is 391 g/mol. The first kappa shape index (κ1) is 18.9. The van der Waals surface area contributed by atoms with Gasteiger partial charge in [0.1, 0.15) is 23.7 Å². The molecule has 2 atom stereocenters. The van der Waals surface area contributed by atoms with Crippen LogP contribution in [0.4, 0.5) is 11.6 Å². The number of carbonyl (C=O) groups excluding carboxylic acids is 1. The first-order valence-corrected chi connectivity index (χ1v) is 9.85. The molecule has 0 unspecified atom stereocenters. The van der Waals surface area contributed by atoms with Gasteiger partial charge >= 0.3 is 0 Å². The molecule has 1 amide bonds. The average Bonchev–Trinajstić information content (AvgIpc) is 3.24. The second kappa shape index (κ2) is 8.30. The van der Waals surface area contributed by atoms with Crippen molar-refractivity contribution in [3.8, 4) is 0 Å². The number of piperidine rings is 1. The van der Waals surface area contributed by atoms with E-state index in [2.05, 4.69) is 37.4 Å². The van der Waals surface area contributed by atoms with Gasteiger partial charge in [-0.15, -0.1) is 0 Å². The largest absolute Gasteiger partial charge is 0.384 e. The number of carbonyl (C=O) groups is 1. The lowest BCUT2D eigenvalue weighted by molar-refractivity contribution is 0.0921. The molecule has 0 aliphatic carbocycles. The number of nitrogen functional groups attached to an aromatic ring is 1. The van der Waals surface area contributed by atoms with E-state index < -0.39 is 0 Å². The number of rotatable bonds is 5. The first-order chi connectivity index (χ1) is 14.1. The number of nitrogens with two attached hydrogens (primary N) is 1. The van der Waals surface area contributed by atoms with Gasteiger partial charge in [0, 0.05) is 37.8 Å². The lowest BCUT2D eigenvalue weighted by Crippen LogP contribution is -2.52. The molecule has 1 aliphatic rings. The number of nitrogens with one attached hydrogen (secondary N) is 1. The second-order valence-electron chi connectivity index (χ2n) is 7.19. The van der Waals surface area contributed by atoms with Crippen LogP contribution >= 0.6 is 0 Å². The predicted octanol–water partition coefficient (Wildman–Crippen LogP) is 2.07. The molecular weight excluding hydrogens is 366 g/mol. The summed E-state index contributed by atoms with van der Waals surface area (Å²) >= 11 is 0. The van der Waals surface area contributed by atoms with Crippen LogP contribution in [-0.4, -0.2) is 44.8 Å². The van der Waals surface area contributed by atoms with Crippen molar-refractivity contribution in [1.29, 1.82) is 0 Å². The number of nitrogens with zero attached hydrogens (tertiary/aromatic N) is 5. The van der Waals surface area contributed by atoms with Crippen LogP contribution in [0.3, 0.4) is 0 Å². The van der Waals surface area contributed by atoms with Crippen LogP contribution in [0, 0.1) is 0 Å². The van der Waals surface area contributed by atoms with Crippen LogP contribution in [-0.2, 0) is 6.54 Å². The summed E-state index contributed by atoms with van der Waals surface area (Å²) < 4.78 is 1.75. The highest BCUT2D eigenvalue weighted by molar-refractivity contribution is 5.92. The third-order valence-electron chi connectivity index (χ3n) is 5.35.